The summed E-state index contributed by atoms with van der Waals surface area (Å²) in [6.07, 6.45) is -7.31. The fourth-order valence-corrected chi connectivity index (χ4v) is 6.36. The average Bonchev–Trinajstić information content (AvgIpc) is 2.99. The number of ether oxygens (including phenoxy) is 4. The van der Waals surface area contributed by atoms with E-state index in [1.807, 2.05) is 0 Å². The van der Waals surface area contributed by atoms with Crippen LogP contribution in [0.4, 0.5) is 4.79 Å². The zero-order valence-corrected chi connectivity index (χ0v) is 24.8. The van der Waals surface area contributed by atoms with E-state index >= 15 is 0 Å². The van der Waals surface area contributed by atoms with Gasteiger partial charge in [-0.05, 0) is 44.6 Å². The number of nitrogens with two attached hydrogens (primary N) is 5. The maximum atomic E-state index is 12.7. The molecule has 2 saturated heterocycles. The van der Waals surface area contributed by atoms with Gasteiger partial charge in [-0.2, -0.15) is 0 Å². The molecule has 4 aliphatic rings. The first-order valence-corrected chi connectivity index (χ1v) is 15.4. The summed E-state index contributed by atoms with van der Waals surface area (Å²) < 4.78 is 24.1. The number of urea groups is 1. The number of carbonyl (C=O) groups excluding carboxylic acids is 1. The monoisotopic (exact) mass is 636 g/mol. The van der Waals surface area contributed by atoms with E-state index in [9.17, 15) is 30.4 Å². The topological polar surface area (TPSA) is 313 Å². The van der Waals surface area contributed by atoms with E-state index in [1.165, 1.54) is 0 Å². The van der Waals surface area contributed by atoms with Gasteiger partial charge in [0.1, 0.15) is 36.6 Å². The van der Waals surface area contributed by atoms with E-state index in [0.717, 1.165) is 19.4 Å². The molecule has 4 rings (SSSR count). The molecular weight excluding hydrogens is 584 g/mol. The van der Waals surface area contributed by atoms with Crippen molar-refractivity contribution in [1.29, 1.82) is 0 Å². The molecule has 1 unspecified atom stereocenters. The number of aliphatic hydroxyl groups is 4. The molecule has 17 N–H and O–H groups in total. The Hall–Kier alpha value is -1.33. The van der Waals surface area contributed by atoms with E-state index in [2.05, 4.69) is 10.6 Å². The summed E-state index contributed by atoms with van der Waals surface area (Å²) in [7, 11) is 0. The molecule has 2 amide bonds. The van der Waals surface area contributed by atoms with E-state index in [0.29, 0.717) is 23.8 Å². The zero-order valence-electron chi connectivity index (χ0n) is 24.8. The van der Waals surface area contributed by atoms with Crippen LogP contribution in [-0.2, 0) is 18.9 Å². The number of hydrogen-bond acceptors (Lipinski definition) is 16. The predicted molar refractivity (Wildman–Crippen MR) is 153 cm³/mol. The highest BCUT2D eigenvalue weighted by Gasteiger charge is 2.51. The molecule has 18 nitrogen and oxygen atoms in total. The Morgan fingerprint density at radius 1 is 0.909 bits per heavy atom. The standard InChI is InChI=1S/C26H52N8O10/c27-3-4-34(40)26(39)33-16-7-14(30)22(21(38)23(16)44-25-20(37)18(31)19(36)17(10-35)42-25)43-24-15(2-1-13(8-28)41-24)32-9-11-5-12(29)6-11/h11-25,32,35-38,40H,1-10,27-31H2,(H,33,39)/t11?,12?,13-,14-,15+,16+,17+,18-,19+,20+,21-,22?,23-,24+,25+/m0/s1. The molecule has 256 valence electrons. The Labute approximate surface area is 256 Å². The van der Waals surface area contributed by atoms with Crippen LogP contribution in [0.3, 0.4) is 0 Å². The lowest BCUT2D eigenvalue weighted by Gasteiger charge is -2.48. The molecule has 4 fully saturated rings. The van der Waals surface area contributed by atoms with Crippen LogP contribution in [-0.4, -0.2) is 155 Å². The smallest absolute Gasteiger partial charge is 0.341 e. The SMILES string of the molecule is NCCN(O)C(=O)N[C@@H]1C[C@H](N)C(O[C@H]2O[C@H](CN)CC[C@H]2NCC2CC(N)C2)[C@H](O)[C@H]1O[C@H]1O[C@H](CO)[C@@H](O)[C@H](N)[C@H]1O. The number of nitrogens with one attached hydrogen (secondary N) is 2. The normalized spacial score (nSPS) is 44.5. The van der Waals surface area contributed by atoms with Gasteiger partial charge in [-0.25, -0.2) is 9.86 Å². The van der Waals surface area contributed by atoms with Crippen LogP contribution in [0.5, 0.6) is 0 Å². The summed E-state index contributed by atoms with van der Waals surface area (Å²) >= 11 is 0. The molecule has 18 heteroatoms. The second-order valence-corrected chi connectivity index (χ2v) is 12.4. The Morgan fingerprint density at radius 2 is 1.61 bits per heavy atom. The average molecular weight is 637 g/mol. The van der Waals surface area contributed by atoms with Gasteiger partial charge >= 0.3 is 6.03 Å². The van der Waals surface area contributed by atoms with Crippen molar-refractivity contribution in [1.82, 2.24) is 15.7 Å². The fourth-order valence-electron chi connectivity index (χ4n) is 6.36. The minimum absolute atomic E-state index is 0.00856. The largest absolute Gasteiger partial charge is 0.394 e. The van der Waals surface area contributed by atoms with Crippen LogP contribution >= 0.6 is 0 Å². The first-order valence-electron chi connectivity index (χ1n) is 15.4. The van der Waals surface area contributed by atoms with Gasteiger partial charge in [0.05, 0.1) is 37.4 Å². The highest BCUT2D eigenvalue weighted by atomic mass is 16.7. The summed E-state index contributed by atoms with van der Waals surface area (Å²) in [5, 5.41) is 58.8. The lowest BCUT2D eigenvalue weighted by molar-refractivity contribution is -0.314. The van der Waals surface area contributed by atoms with Crippen molar-refractivity contribution in [3.8, 4) is 0 Å². The molecule has 13 atom stereocenters. The molecule has 2 heterocycles. The van der Waals surface area contributed by atoms with Crippen molar-refractivity contribution in [2.24, 2.45) is 34.6 Å². The van der Waals surface area contributed by atoms with Crippen molar-refractivity contribution in [3.63, 3.8) is 0 Å². The summed E-state index contributed by atoms with van der Waals surface area (Å²) in [4.78, 5) is 12.7. The molecule has 2 aliphatic heterocycles. The fraction of sp³-hybridized carbons (Fsp3) is 0.962. The van der Waals surface area contributed by atoms with Crippen LogP contribution in [0.1, 0.15) is 32.1 Å². The van der Waals surface area contributed by atoms with E-state index in [1.54, 1.807) is 0 Å². The molecule has 0 aromatic carbocycles. The minimum atomic E-state index is -1.56. The minimum Gasteiger partial charge on any atom is -0.394 e. The van der Waals surface area contributed by atoms with Crippen LogP contribution < -0.4 is 39.3 Å². The lowest BCUT2D eigenvalue weighted by Crippen LogP contribution is -2.69. The molecule has 2 saturated carbocycles. The number of hydroxylamine groups is 2. The quantitative estimate of drug-likeness (QED) is 0.0702. The number of amides is 2. The van der Waals surface area contributed by atoms with Crippen LogP contribution in [0.15, 0.2) is 0 Å². The van der Waals surface area contributed by atoms with Gasteiger partial charge < -0.3 is 78.7 Å². The third kappa shape index (κ3) is 8.33. The van der Waals surface area contributed by atoms with Crippen molar-refractivity contribution in [2.45, 2.75) is 118 Å². The Morgan fingerprint density at radius 3 is 2.25 bits per heavy atom. The van der Waals surface area contributed by atoms with Crippen LogP contribution in [0.2, 0.25) is 0 Å². The lowest BCUT2D eigenvalue weighted by atomic mass is 9.80. The van der Waals surface area contributed by atoms with Gasteiger partial charge in [0.15, 0.2) is 12.6 Å². The predicted octanol–water partition coefficient (Wildman–Crippen LogP) is -5.50. The summed E-state index contributed by atoms with van der Waals surface area (Å²) in [5.41, 5.74) is 29.7. The Balaban J connectivity index is 1.52. The number of rotatable bonds is 12. The molecule has 0 aromatic heterocycles. The van der Waals surface area contributed by atoms with Gasteiger partial charge in [0.25, 0.3) is 0 Å². The third-order valence-corrected chi connectivity index (χ3v) is 9.08. The van der Waals surface area contributed by atoms with Crippen molar-refractivity contribution in [2.75, 3.05) is 32.8 Å². The van der Waals surface area contributed by atoms with E-state index < -0.39 is 80.0 Å². The maximum Gasteiger partial charge on any atom is 0.341 e. The van der Waals surface area contributed by atoms with Crippen molar-refractivity contribution in [3.05, 3.63) is 0 Å². The first kappa shape index (κ1) is 35.5. The van der Waals surface area contributed by atoms with Crippen molar-refractivity contribution >= 4 is 6.03 Å². The Bertz CT molecular complexity index is 907. The van der Waals surface area contributed by atoms with Gasteiger partial charge in [-0.3, -0.25) is 5.21 Å². The molecular formula is C26H52N8O10. The van der Waals surface area contributed by atoms with Crippen molar-refractivity contribution < 1.29 is 49.4 Å². The molecule has 0 spiro atoms. The Kier molecular flexibility index (Phi) is 12.9. The summed E-state index contributed by atoms with van der Waals surface area (Å²) in [6, 6.07) is -4.02. The van der Waals surface area contributed by atoms with Gasteiger partial charge in [0.2, 0.25) is 0 Å². The summed E-state index contributed by atoms with van der Waals surface area (Å²) in [6.45, 7) is 0.211. The number of nitrogens with zero attached hydrogens (tertiary/aromatic N) is 1. The van der Waals surface area contributed by atoms with Crippen LogP contribution in [0.25, 0.3) is 0 Å². The molecule has 0 aromatic rings. The van der Waals surface area contributed by atoms with Crippen LogP contribution in [0, 0.1) is 5.92 Å². The third-order valence-electron chi connectivity index (χ3n) is 9.08. The highest BCUT2D eigenvalue weighted by molar-refractivity contribution is 5.73. The van der Waals surface area contributed by atoms with E-state index in [4.69, 9.17) is 47.6 Å². The number of hydrogen-bond donors (Lipinski definition) is 12. The first-order chi connectivity index (χ1) is 21.0. The molecule has 0 bridgehead atoms. The highest BCUT2D eigenvalue weighted by Crippen LogP contribution is 2.32. The molecule has 2 aliphatic carbocycles. The van der Waals surface area contributed by atoms with E-state index in [-0.39, 0.29) is 44.2 Å². The summed E-state index contributed by atoms with van der Waals surface area (Å²) in [5.74, 6) is 0.447. The second-order valence-electron chi connectivity index (χ2n) is 12.4. The van der Waals surface area contributed by atoms with Gasteiger partial charge in [-0.1, -0.05) is 0 Å². The van der Waals surface area contributed by atoms with Gasteiger partial charge in [0, 0.05) is 25.2 Å². The maximum absolute atomic E-state index is 12.7. The molecule has 0 radical (unpaired) electrons. The van der Waals surface area contributed by atoms with Gasteiger partial charge in [-0.15, -0.1) is 0 Å². The zero-order chi connectivity index (χ0) is 32.1. The number of aliphatic hydroxyl groups excluding tert-OH is 4. The molecule has 44 heavy (non-hydrogen) atoms. The number of carbonyl (C=O) groups is 1. The second kappa shape index (κ2) is 16.0.